The van der Waals surface area contributed by atoms with Gasteiger partial charge in [0.2, 0.25) is 0 Å². The number of aliphatic hydroxyl groups excluding tert-OH is 1. The Morgan fingerprint density at radius 2 is 1.19 bits per heavy atom. The predicted octanol–water partition coefficient (Wildman–Crippen LogP) is 9.76. The van der Waals surface area contributed by atoms with Crippen LogP contribution in [0.15, 0.2) is 48.6 Å². The van der Waals surface area contributed by atoms with Crippen molar-refractivity contribution in [2.75, 3.05) is 13.2 Å². The van der Waals surface area contributed by atoms with Crippen LogP contribution < -0.4 is 0 Å². The number of ether oxygens (including phenoxy) is 2. The molecule has 3 N–H and O–H groups in total. The van der Waals surface area contributed by atoms with Crippen molar-refractivity contribution in [2.24, 2.45) is 0 Å². The number of carbonyl (C=O) groups excluding carboxylic acids is 2. The van der Waals surface area contributed by atoms with E-state index in [9.17, 15) is 19.3 Å². The number of hydrogen-bond donors (Lipinski definition) is 3. The summed E-state index contributed by atoms with van der Waals surface area (Å²) in [6.45, 7) is 3.47. The van der Waals surface area contributed by atoms with Crippen LogP contribution in [0.25, 0.3) is 0 Å². The third kappa shape index (κ3) is 35.3. The van der Waals surface area contributed by atoms with Crippen LogP contribution in [0.3, 0.4) is 0 Å². The maximum atomic E-state index is 12.4. The molecule has 0 aliphatic rings. The van der Waals surface area contributed by atoms with Gasteiger partial charge in [-0.1, -0.05) is 146 Å². The van der Waals surface area contributed by atoms with E-state index in [-0.39, 0.29) is 19.4 Å². The lowest BCUT2D eigenvalue weighted by molar-refractivity contribution is -0.161. The molecule has 0 unspecified atom stereocenters. The summed E-state index contributed by atoms with van der Waals surface area (Å²) in [6, 6.07) is 0. The van der Waals surface area contributed by atoms with Crippen molar-refractivity contribution in [3.05, 3.63) is 48.6 Å². The van der Waals surface area contributed by atoms with E-state index >= 15 is 0 Å². The van der Waals surface area contributed by atoms with Crippen LogP contribution in [0, 0.1) is 0 Å². The molecule has 9 nitrogen and oxygen atoms in total. The lowest BCUT2D eigenvalue weighted by Crippen LogP contribution is -2.29. The van der Waals surface area contributed by atoms with E-state index in [1.54, 1.807) is 12.2 Å². The van der Waals surface area contributed by atoms with Gasteiger partial charge in [-0.15, -0.1) is 0 Å². The van der Waals surface area contributed by atoms with Crippen molar-refractivity contribution >= 4 is 19.8 Å². The van der Waals surface area contributed by atoms with Gasteiger partial charge >= 0.3 is 19.8 Å². The molecule has 278 valence electrons. The summed E-state index contributed by atoms with van der Waals surface area (Å²) < 4.78 is 26.1. The van der Waals surface area contributed by atoms with Crippen LogP contribution in [0.2, 0.25) is 0 Å². The lowest BCUT2D eigenvalue weighted by Gasteiger charge is -2.18. The number of rotatable bonds is 33. The van der Waals surface area contributed by atoms with Gasteiger partial charge < -0.3 is 24.4 Å². The Balaban J connectivity index is 4.21. The maximum absolute atomic E-state index is 12.4. The smallest absolute Gasteiger partial charge is 0.462 e. The molecule has 0 radical (unpaired) electrons. The highest BCUT2D eigenvalue weighted by atomic mass is 31.2. The quantitative estimate of drug-likeness (QED) is 0.0201. The number of esters is 2. The number of aliphatic hydroxyl groups is 1. The van der Waals surface area contributed by atoms with E-state index in [1.807, 2.05) is 12.2 Å². The lowest BCUT2D eigenvalue weighted by atomic mass is 10.0. The van der Waals surface area contributed by atoms with Gasteiger partial charge in [0.15, 0.2) is 6.10 Å². The van der Waals surface area contributed by atoms with Gasteiger partial charge in [0, 0.05) is 12.8 Å². The Morgan fingerprint density at radius 1 is 0.646 bits per heavy atom. The molecule has 0 aromatic carbocycles. The van der Waals surface area contributed by atoms with Gasteiger partial charge in [-0.3, -0.25) is 14.1 Å². The fourth-order valence-electron chi connectivity index (χ4n) is 4.89. The average molecular weight is 699 g/mol. The second-order valence-corrected chi connectivity index (χ2v) is 13.6. The molecule has 0 amide bonds. The number of unbranched alkanes of at least 4 members (excludes halogenated alkanes) is 14. The highest BCUT2D eigenvalue weighted by Gasteiger charge is 2.23. The summed E-state index contributed by atoms with van der Waals surface area (Å²) in [7, 11) is -4.80. The minimum Gasteiger partial charge on any atom is -0.462 e. The van der Waals surface area contributed by atoms with Gasteiger partial charge in [-0.25, -0.2) is 4.57 Å². The minimum absolute atomic E-state index is 0.0161. The Morgan fingerprint density at radius 3 is 1.81 bits per heavy atom. The molecule has 0 saturated carbocycles. The van der Waals surface area contributed by atoms with E-state index in [0.717, 1.165) is 38.5 Å². The van der Waals surface area contributed by atoms with E-state index in [2.05, 4.69) is 42.7 Å². The molecule has 0 bridgehead atoms. The van der Waals surface area contributed by atoms with Crippen LogP contribution in [0.5, 0.6) is 0 Å². The SMILES string of the molecule is CCCCC/C=C\C/C=C\C/C=C\C=C\[C@H](O)CCCC(=O)O[C@H](COC(=O)CCCCCCCCCCCCCC)COP(=O)(O)O. The minimum atomic E-state index is -4.80. The summed E-state index contributed by atoms with van der Waals surface area (Å²) in [5, 5.41) is 10.2. The highest BCUT2D eigenvalue weighted by molar-refractivity contribution is 7.46. The second-order valence-electron chi connectivity index (χ2n) is 12.4. The Labute approximate surface area is 291 Å². The maximum Gasteiger partial charge on any atom is 0.469 e. The van der Waals surface area contributed by atoms with E-state index < -0.39 is 38.6 Å². The fraction of sp³-hybridized carbons (Fsp3) is 0.737. The first-order chi connectivity index (χ1) is 23.2. The number of phosphoric ester groups is 1. The van der Waals surface area contributed by atoms with Gasteiger partial charge in [-0.2, -0.15) is 0 Å². The van der Waals surface area contributed by atoms with Crippen molar-refractivity contribution < 1.29 is 43.0 Å². The molecule has 48 heavy (non-hydrogen) atoms. The van der Waals surface area contributed by atoms with E-state index in [4.69, 9.17) is 19.3 Å². The van der Waals surface area contributed by atoms with Crippen LogP contribution in [-0.2, 0) is 28.2 Å². The van der Waals surface area contributed by atoms with Crippen molar-refractivity contribution in [3.63, 3.8) is 0 Å². The molecule has 0 heterocycles. The van der Waals surface area contributed by atoms with E-state index in [0.29, 0.717) is 19.3 Å². The van der Waals surface area contributed by atoms with Crippen LogP contribution in [0.1, 0.15) is 155 Å². The monoisotopic (exact) mass is 698 g/mol. The van der Waals surface area contributed by atoms with E-state index in [1.165, 1.54) is 70.6 Å². The topological polar surface area (TPSA) is 140 Å². The normalized spacial score (nSPS) is 13.7. The molecular weight excluding hydrogens is 631 g/mol. The number of hydrogen-bond acceptors (Lipinski definition) is 7. The molecule has 0 rings (SSSR count). The van der Waals surface area contributed by atoms with Gasteiger partial charge in [0.05, 0.1) is 12.7 Å². The number of carbonyl (C=O) groups is 2. The summed E-state index contributed by atoms with van der Waals surface area (Å²) in [5.74, 6) is -1.09. The van der Waals surface area contributed by atoms with Crippen LogP contribution in [-0.4, -0.2) is 52.3 Å². The molecule has 0 aromatic heterocycles. The summed E-state index contributed by atoms with van der Waals surface area (Å²) in [4.78, 5) is 42.6. The number of phosphoric acid groups is 1. The molecule has 0 spiro atoms. The molecule has 10 heteroatoms. The second kappa shape index (κ2) is 33.5. The largest absolute Gasteiger partial charge is 0.469 e. The molecular formula is C38H67O9P. The standard InChI is InChI=1S/C38H67O9P/c1-3-5-7-9-11-13-15-17-18-20-22-24-26-29-35(39)30-28-32-38(41)47-36(34-46-48(42,43)44)33-45-37(40)31-27-25-23-21-19-16-14-12-10-8-6-4-2/h11,13,17-18,22,24,26,29,35-36,39H,3-10,12,14-16,19-21,23,25,27-28,30-34H2,1-2H3,(H2,42,43,44)/b13-11-,18-17-,24-22-,29-26+/t35-,36+/m0/s1. The van der Waals surface area contributed by atoms with Crippen LogP contribution in [0.4, 0.5) is 0 Å². The number of allylic oxidation sites excluding steroid dienone is 7. The van der Waals surface area contributed by atoms with Crippen molar-refractivity contribution in [2.45, 2.75) is 167 Å². The third-order valence-corrected chi connectivity index (χ3v) is 8.19. The predicted molar refractivity (Wildman–Crippen MR) is 194 cm³/mol. The molecule has 2 atom stereocenters. The molecule has 0 saturated heterocycles. The summed E-state index contributed by atoms with van der Waals surface area (Å²) >= 11 is 0. The van der Waals surface area contributed by atoms with Crippen LogP contribution >= 0.6 is 7.82 Å². The third-order valence-electron chi connectivity index (χ3n) is 7.70. The zero-order valence-electron chi connectivity index (χ0n) is 30.0. The molecule has 0 fully saturated rings. The zero-order valence-corrected chi connectivity index (χ0v) is 30.9. The first-order valence-electron chi connectivity index (χ1n) is 18.5. The summed E-state index contributed by atoms with van der Waals surface area (Å²) in [6.07, 6.45) is 35.8. The average Bonchev–Trinajstić information content (AvgIpc) is 3.04. The molecule has 0 aliphatic heterocycles. The Kier molecular flexibility index (Phi) is 32.1. The Hall–Kier alpha value is -2.03. The first kappa shape index (κ1) is 46.0. The molecule has 0 aliphatic carbocycles. The van der Waals surface area contributed by atoms with Crippen molar-refractivity contribution in [1.29, 1.82) is 0 Å². The van der Waals surface area contributed by atoms with Gasteiger partial charge in [-0.05, 0) is 44.9 Å². The van der Waals surface area contributed by atoms with Crippen molar-refractivity contribution in [3.8, 4) is 0 Å². The molecule has 0 aromatic rings. The fourth-order valence-corrected chi connectivity index (χ4v) is 5.25. The zero-order chi connectivity index (χ0) is 35.6. The Bertz CT molecular complexity index is 938. The highest BCUT2D eigenvalue weighted by Crippen LogP contribution is 2.36. The van der Waals surface area contributed by atoms with Crippen molar-refractivity contribution in [1.82, 2.24) is 0 Å². The summed E-state index contributed by atoms with van der Waals surface area (Å²) in [5.41, 5.74) is 0. The first-order valence-corrected chi connectivity index (χ1v) is 20.1. The van der Waals surface area contributed by atoms with Gasteiger partial charge in [0.25, 0.3) is 0 Å². The van der Waals surface area contributed by atoms with Gasteiger partial charge in [0.1, 0.15) is 6.61 Å².